The number of carboxylic acid groups (broad SMARTS) is 1. The number of fused-ring (bicyclic) bond motifs is 1. The topological polar surface area (TPSA) is 79.7 Å². The molecule has 9 heteroatoms. The third kappa shape index (κ3) is 3.90. The molecule has 2 aromatic rings. The number of hydrogen-bond acceptors (Lipinski definition) is 4. The first-order chi connectivity index (χ1) is 13.7. The number of hydrogen-bond donors (Lipinski definition) is 1. The van der Waals surface area contributed by atoms with Gasteiger partial charge in [0.25, 0.3) is 5.91 Å². The van der Waals surface area contributed by atoms with Gasteiger partial charge < -0.3 is 14.7 Å². The number of carboxylic acids is 1. The first kappa shape index (κ1) is 19.2. The molecule has 1 saturated carbocycles. The van der Waals surface area contributed by atoms with Crippen molar-refractivity contribution >= 4 is 11.9 Å². The Kier molecular flexibility index (Phi) is 4.68. The summed E-state index contributed by atoms with van der Waals surface area (Å²) in [6.07, 6.45) is -1.49. The summed E-state index contributed by atoms with van der Waals surface area (Å²) in [5.41, 5.74) is 0.349. The molecule has 2 heterocycles. The fourth-order valence-electron chi connectivity index (χ4n) is 3.59. The molecule has 2 aliphatic rings. The van der Waals surface area contributed by atoms with Crippen LogP contribution in [0, 0.1) is 0 Å². The van der Waals surface area contributed by atoms with Gasteiger partial charge in [-0.15, -0.1) is 0 Å². The molecule has 0 saturated heterocycles. The highest BCUT2D eigenvalue weighted by Gasteiger charge is 2.48. The van der Waals surface area contributed by atoms with E-state index < -0.39 is 36.6 Å². The summed E-state index contributed by atoms with van der Waals surface area (Å²) in [6, 6.07) is 7.47. The Morgan fingerprint density at radius 1 is 1.21 bits per heavy atom. The molecule has 1 unspecified atom stereocenters. The van der Waals surface area contributed by atoms with Crippen LogP contribution in [-0.2, 0) is 4.79 Å². The molecule has 1 fully saturated rings. The van der Waals surface area contributed by atoms with Crippen LogP contribution in [0.25, 0.3) is 0 Å². The van der Waals surface area contributed by atoms with Gasteiger partial charge in [-0.25, -0.2) is 4.98 Å². The number of pyridine rings is 1. The zero-order valence-corrected chi connectivity index (χ0v) is 15.1. The monoisotopic (exact) mass is 406 g/mol. The van der Waals surface area contributed by atoms with E-state index in [-0.39, 0.29) is 22.8 Å². The molecule has 1 aromatic heterocycles. The second-order valence-electron chi connectivity index (χ2n) is 7.14. The van der Waals surface area contributed by atoms with Crippen molar-refractivity contribution in [3.63, 3.8) is 0 Å². The van der Waals surface area contributed by atoms with Gasteiger partial charge in [-0.3, -0.25) is 9.59 Å². The number of nitrogens with zero attached hydrogens (tertiary/aromatic N) is 2. The average molecular weight is 406 g/mol. The van der Waals surface area contributed by atoms with Gasteiger partial charge in [0.2, 0.25) is 5.88 Å². The zero-order valence-electron chi connectivity index (χ0n) is 15.1. The van der Waals surface area contributed by atoms with Gasteiger partial charge in [0, 0.05) is 17.8 Å². The summed E-state index contributed by atoms with van der Waals surface area (Å²) in [5, 5.41) is 9.84. The van der Waals surface area contributed by atoms with Gasteiger partial charge in [-0.2, -0.15) is 13.2 Å². The number of carbonyl (C=O) groups excluding carboxylic acids is 1. The third-order valence-corrected chi connectivity index (χ3v) is 4.97. The molecule has 1 N–H and O–H groups in total. The minimum atomic E-state index is -4.69. The van der Waals surface area contributed by atoms with Crippen molar-refractivity contribution in [2.45, 2.75) is 37.1 Å². The van der Waals surface area contributed by atoms with Crippen LogP contribution in [0.15, 0.2) is 42.6 Å². The van der Waals surface area contributed by atoms with Crippen molar-refractivity contribution in [2.24, 2.45) is 0 Å². The number of aliphatic carboxylic acids is 1. The Morgan fingerprint density at radius 3 is 2.52 bits per heavy atom. The summed E-state index contributed by atoms with van der Waals surface area (Å²) in [7, 11) is 0. The first-order valence-electron chi connectivity index (χ1n) is 9.06. The van der Waals surface area contributed by atoms with Crippen molar-refractivity contribution in [3.05, 3.63) is 59.3 Å². The van der Waals surface area contributed by atoms with Gasteiger partial charge in [0.1, 0.15) is 18.6 Å². The van der Waals surface area contributed by atoms with Crippen LogP contribution < -0.4 is 4.74 Å². The van der Waals surface area contributed by atoms with Gasteiger partial charge in [0.15, 0.2) is 0 Å². The number of amides is 1. The zero-order chi connectivity index (χ0) is 20.8. The van der Waals surface area contributed by atoms with E-state index >= 15 is 0 Å². The van der Waals surface area contributed by atoms with Crippen molar-refractivity contribution < 1.29 is 32.6 Å². The van der Waals surface area contributed by atoms with E-state index in [1.54, 1.807) is 6.07 Å². The Morgan fingerprint density at radius 2 is 1.93 bits per heavy atom. The van der Waals surface area contributed by atoms with E-state index in [0.717, 1.165) is 12.8 Å². The number of halogens is 3. The normalized spacial score (nSPS) is 21.6. The minimum Gasteiger partial charge on any atom is -0.481 e. The number of rotatable bonds is 5. The lowest BCUT2D eigenvalue weighted by atomic mass is 9.80. The van der Waals surface area contributed by atoms with E-state index in [2.05, 4.69) is 4.98 Å². The van der Waals surface area contributed by atoms with Crippen LogP contribution in [0.2, 0.25) is 0 Å². The maximum atomic E-state index is 13.2. The second kappa shape index (κ2) is 7.06. The van der Waals surface area contributed by atoms with Crippen LogP contribution in [-0.4, -0.2) is 45.7 Å². The molecule has 6 nitrogen and oxygen atoms in total. The van der Waals surface area contributed by atoms with Crippen molar-refractivity contribution in [3.8, 4) is 5.88 Å². The van der Waals surface area contributed by atoms with Crippen LogP contribution >= 0.6 is 0 Å². The number of ether oxygens (including phenoxy) is 1. The SMILES string of the molecule is O=C(O)[C@@H]1c2ccccc2C(=O)N(CC(F)(F)F)C1c1ccc(OC2CC2)nc1. The molecule has 1 aliphatic carbocycles. The van der Waals surface area contributed by atoms with Gasteiger partial charge >= 0.3 is 12.1 Å². The average Bonchev–Trinajstić information content (AvgIpc) is 3.47. The fourth-order valence-corrected chi connectivity index (χ4v) is 3.59. The largest absolute Gasteiger partial charge is 0.481 e. The van der Waals surface area contributed by atoms with Crippen molar-refractivity contribution in [2.75, 3.05) is 6.54 Å². The highest BCUT2D eigenvalue weighted by atomic mass is 19.4. The summed E-state index contributed by atoms with van der Waals surface area (Å²) in [5.74, 6) is -3.23. The lowest BCUT2D eigenvalue weighted by Gasteiger charge is -2.40. The maximum Gasteiger partial charge on any atom is 0.406 e. The first-order valence-corrected chi connectivity index (χ1v) is 9.06. The second-order valence-corrected chi connectivity index (χ2v) is 7.14. The third-order valence-electron chi connectivity index (χ3n) is 4.97. The van der Waals surface area contributed by atoms with E-state index in [4.69, 9.17) is 4.74 Å². The standard InChI is InChI=1S/C20H17F3N2O4/c21-20(22,23)10-25-17(11-5-8-15(24-9-11)29-12-6-7-12)16(19(27)28)13-3-1-2-4-14(13)18(25)26/h1-5,8-9,12,16-17H,6-7,10H2,(H,27,28)/t16-,17?/m1/s1. The Balaban J connectivity index is 1.79. The molecule has 1 aliphatic heterocycles. The number of benzene rings is 1. The maximum absolute atomic E-state index is 13.2. The van der Waals surface area contributed by atoms with Crippen LogP contribution in [0.5, 0.6) is 5.88 Å². The molecular formula is C20H17F3N2O4. The molecule has 0 bridgehead atoms. The van der Waals surface area contributed by atoms with E-state index in [0.29, 0.717) is 10.8 Å². The van der Waals surface area contributed by atoms with E-state index in [1.165, 1.54) is 36.5 Å². The van der Waals surface area contributed by atoms with Gasteiger partial charge in [-0.1, -0.05) is 24.3 Å². The Labute approximate surface area is 163 Å². The molecule has 0 radical (unpaired) electrons. The highest BCUT2D eigenvalue weighted by molar-refractivity contribution is 6.00. The van der Waals surface area contributed by atoms with E-state index in [9.17, 15) is 27.9 Å². The smallest absolute Gasteiger partial charge is 0.406 e. The molecule has 2 atom stereocenters. The quantitative estimate of drug-likeness (QED) is 0.822. The lowest BCUT2D eigenvalue weighted by Crippen LogP contribution is -2.48. The predicted octanol–water partition coefficient (Wildman–Crippen LogP) is 3.55. The van der Waals surface area contributed by atoms with Gasteiger partial charge in [-0.05, 0) is 30.0 Å². The highest BCUT2D eigenvalue weighted by Crippen LogP contribution is 2.44. The molecule has 29 heavy (non-hydrogen) atoms. The van der Waals surface area contributed by atoms with Crippen LogP contribution in [0.1, 0.15) is 46.3 Å². The molecular weight excluding hydrogens is 389 g/mol. The van der Waals surface area contributed by atoms with Crippen molar-refractivity contribution in [1.82, 2.24) is 9.88 Å². The number of aromatic nitrogens is 1. The molecule has 1 amide bonds. The Bertz CT molecular complexity index is 941. The molecule has 152 valence electrons. The summed E-state index contributed by atoms with van der Waals surface area (Å²) < 4.78 is 45.3. The minimum absolute atomic E-state index is 0.0398. The lowest BCUT2D eigenvalue weighted by molar-refractivity contribution is -0.153. The molecule has 4 rings (SSSR count). The number of alkyl halides is 3. The Hall–Kier alpha value is -3.10. The summed E-state index contributed by atoms with van der Waals surface area (Å²) in [6.45, 7) is -1.56. The van der Waals surface area contributed by atoms with E-state index in [1.807, 2.05) is 0 Å². The fraction of sp³-hybridized carbons (Fsp3) is 0.350. The number of carbonyl (C=O) groups is 2. The van der Waals surface area contributed by atoms with Gasteiger partial charge in [0.05, 0.1) is 6.04 Å². The summed E-state index contributed by atoms with van der Waals surface area (Å²) in [4.78, 5) is 29.6. The van der Waals surface area contributed by atoms with Crippen LogP contribution in [0.3, 0.4) is 0 Å². The molecule has 0 spiro atoms. The van der Waals surface area contributed by atoms with Crippen molar-refractivity contribution in [1.29, 1.82) is 0 Å². The summed E-state index contributed by atoms with van der Waals surface area (Å²) >= 11 is 0. The van der Waals surface area contributed by atoms with Crippen LogP contribution in [0.4, 0.5) is 13.2 Å². The predicted molar refractivity (Wildman–Crippen MR) is 94.5 cm³/mol. The molecule has 1 aromatic carbocycles.